The minimum absolute atomic E-state index is 0.478. The highest BCUT2D eigenvalue weighted by Gasteiger charge is 2.07. The number of benzene rings is 3. The highest BCUT2D eigenvalue weighted by molar-refractivity contribution is 14.1. The summed E-state index contributed by atoms with van der Waals surface area (Å²) in [5.74, 6) is 0.747. The average Bonchev–Trinajstić information content (AvgIpc) is 2.67. The number of aryl methyl sites for hydroxylation is 1. The van der Waals surface area contributed by atoms with E-state index in [0.29, 0.717) is 12.2 Å². The largest absolute Gasteiger partial charge is 0.488 e. The second kappa shape index (κ2) is 9.20. The molecule has 0 aliphatic heterocycles. The van der Waals surface area contributed by atoms with E-state index in [1.54, 1.807) is 0 Å². The summed E-state index contributed by atoms with van der Waals surface area (Å²) in [7, 11) is 0. The Morgan fingerprint density at radius 3 is 2.44 bits per heavy atom. The predicted octanol–water partition coefficient (Wildman–Crippen LogP) is 7.01. The van der Waals surface area contributed by atoms with Gasteiger partial charge in [-0.15, -0.1) is 0 Å². The fraction of sp³-hybridized carbons (Fsp3) is 0.0870. The molecule has 0 aliphatic carbocycles. The van der Waals surface area contributed by atoms with Crippen LogP contribution in [0, 0.1) is 21.8 Å². The number of allylic oxidation sites excluding steroid dienone is 1. The molecule has 0 spiro atoms. The summed E-state index contributed by atoms with van der Waals surface area (Å²) >= 11 is 5.80. The van der Waals surface area contributed by atoms with Crippen molar-refractivity contribution in [3.63, 3.8) is 0 Å². The number of hydrogen-bond donors (Lipinski definition) is 0. The van der Waals surface area contributed by atoms with E-state index in [-0.39, 0.29) is 0 Å². The van der Waals surface area contributed by atoms with Crippen LogP contribution in [0.5, 0.6) is 5.75 Å². The number of nitrogens with zero attached hydrogens (tertiary/aromatic N) is 1. The van der Waals surface area contributed by atoms with Crippen molar-refractivity contribution >= 4 is 50.2 Å². The second-order valence-corrected chi connectivity index (χ2v) is 8.29. The molecule has 27 heavy (non-hydrogen) atoms. The molecular weight excluding hydrogens is 513 g/mol. The lowest BCUT2D eigenvalue weighted by atomic mass is 10.0. The lowest BCUT2D eigenvalue weighted by Gasteiger charge is -2.11. The summed E-state index contributed by atoms with van der Waals surface area (Å²) in [6.45, 7) is 2.51. The van der Waals surface area contributed by atoms with Gasteiger partial charge < -0.3 is 4.74 Å². The van der Waals surface area contributed by atoms with E-state index in [0.717, 1.165) is 26.9 Å². The van der Waals surface area contributed by atoms with Gasteiger partial charge in [-0.3, -0.25) is 0 Å². The SMILES string of the molecule is Cc1ccc(/C(C#N)=C\c2cc(Br)ccc2OCc2ccc(I)cc2)cc1. The Morgan fingerprint density at radius 2 is 1.78 bits per heavy atom. The summed E-state index contributed by atoms with van der Waals surface area (Å²) in [6, 6.07) is 24.3. The maximum atomic E-state index is 9.63. The van der Waals surface area contributed by atoms with Crippen molar-refractivity contribution < 1.29 is 4.74 Å². The molecule has 134 valence electrons. The van der Waals surface area contributed by atoms with Crippen molar-refractivity contribution in [2.45, 2.75) is 13.5 Å². The molecule has 0 atom stereocenters. The zero-order valence-corrected chi connectivity index (χ0v) is 18.5. The molecule has 0 radical (unpaired) electrons. The first-order valence-electron chi connectivity index (χ1n) is 8.41. The van der Waals surface area contributed by atoms with Gasteiger partial charge in [-0.25, -0.2) is 0 Å². The Kier molecular flexibility index (Phi) is 6.70. The van der Waals surface area contributed by atoms with Crippen LogP contribution >= 0.6 is 38.5 Å². The molecule has 3 aromatic rings. The van der Waals surface area contributed by atoms with Gasteiger partial charge in [0.1, 0.15) is 12.4 Å². The first-order valence-corrected chi connectivity index (χ1v) is 10.3. The second-order valence-electron chi connectivity index (χ2n) is 6.13. The van der Waals surface area contributed by atoms with Crippen molar-refractivity contribution in [1.82, 2.24) is 0 Å². The van der Waals surface area contributed by atoms with E-state index in [1.807, 2.05) is 55.5 Å². The van der Waals surface area contributed by atoms with Crippen molar-refractivity contribution in [3.8, 4) is 11.8 Å². The van der Waals surface area contributed by atoms with Gasteiger partial charge in [0.05, 0.1) is 11.6 Å². The summed E-state index contributed by atoms with van der Waals surface area (Å²) in [4.78, 5) is 0. The normalized spacial score (nSPS) is 11.1. The number of halogens is 2. The minimum atomic E-state index is 0.478. The first-order chi connectivity index (χ1) is 13.0. The number of hydrogen-bond acceptors (Lipinski definition) is 2. The highest BCUT2D eigenvalue weighted by atomic mass is 127. The molecule has 0 amide bonds. The zero-order valence-electron chi connectivity index (χ0n) is 14.7. The van der Waals surface area contributed by atoms with Gasteiger partial charge in [0.25, 0.3) is 0 Å². The van der Waals surface area contributed by atoms with Crippen molar-refractivity contribution in [2.75, 3.05) is 0 Å². The third-order valence-electron chi connectivity index (χ3n) is 4.06. The molecule has 3 aromatic carbocycles. The van der Waals surface area contributed by atoms with Gasteiger partial charge in [-0.2, -0.15) is 5.26 Å². The third-order valence-corrected chi connectivity index (χ3v) is 5.27. The molecule has 2 nitrogen and oxygen atoms in total. The topological polar surface area (TPSA) is 33.0 Å². The van der Waals surface area contributed by atoms with Crippen LogP contribution < -0.4 is 4.74 Å². The molecular formula is C23H17BrINO. The van der Waals surface area contributed by atoms with Crippen LogP contribution in [0.2, 0.25) is 0 Å². The Hall–Kier alpha value is -2.10. The van der Waals surface area contributed by atoms with Gasteiger partial charge in [0.2, 0.25) is 0 Å². The van der Waals surface area contributed by atoms with Gasteiger partial charge in [-0.1, -0.05) is 57.9 Å². The standard InChI is InChI=1S/C23H17BrINO/c1-16-2-6-18(7-3-16)20(14-26)12-19-13-21(24)8-11-23(19)27-15-17-4-9-22(25)10-5-17/h2-13H,15H2,1H3/b20-12-. The molecule has 0 heterocycles. The number of ether oxygens (including phenoxy) is 1. The maximum absolute atomic E-state index is 9.63. The third kappa shape index (κ3) is 5.44. The molecule has 0 bridgehead atoms. The summed E-state index contributed by atoms with van der Waals surface area (Å²) in [5.41, 5.74) is 4.64. The summed E-state index contributed by atoms with van der Waals surface area (Å²) in [6.07, 6.45) is 1.87. The summed E-state index contributed by atoms with van der Waals surface area (Å²) in [5, 5.41) is 9.63. The van der Waals surface area contributed by atoms with Crippen LogP contribution in [0.25, 0.3) is 11.6 Å². The molecule has 4 heteroatoms. The van der Waals surface area contributed by atoms with E-state index in [9.17, 15) is 5.26 Å². The zero-order chi connectivity index (χ0) is 19.2. The molecule has 0 fully saturated rings. The molecule has 0 unspecified atom stereocenters. The van der Waals surface area contributed by atoms with E-state index in [1.165, 1.54) is 9.13 Å². The van der Waals surface area contributed by atoms with E-state index < -0.39 is 0 Å². The summed E-state index contributed by atoms with van der Waals surface area (Å²) < 4.78 is 8.18. The molecule has 3 rings (SSSR count). The average molecular weight is 530 g/mol. The van der Waals surface area contributed by atoms with Crippen LogP contribution in [-0.4, -0.2) is 0 Å². The fourth-order valence-corrected chi connectivity index (χ4v) is 3.31. The van der Waals surface area contributed by atoms with Crippen molar-refractivity contribution in [3.05, 3.63) is 97.0 Å². The molecule has 0 aliphatic rings. The maximum Gasteiger partial charge on any atom is 0.127 e. The van der Waals surface area contributed by atoms with Crippen LogP contribution in [0.3, 0.4) is 0 Å². The van der Waals surface area contributed by atoms with Crippen LogP contribution in [0.4, 0.5) is 0 Å². The quantitative estimate of drug-likeness (QED) is 0.202. The lowest BCUT2D eigenvalue weighted by Crippen LogP contribution is -1.97. The first kappa shape index (κ1) is 19.7. The highest BCUT2D eigenvalue weighted by Crippen LogP contribution is 2.28. The Balaban J connectivity index is 1.89. The lowest BCUT2D eigenvalue weighted by molar-refractivity contribution is 0.305. The van der Waals surface area contributed by atoms with Crippen LogP contribution in [-0.2, 0) is 6.61 Å². The van der Waals surface area contributed by atoms with Crippen molar-refractivity contribution in [1.29, 1.82) is 5.26 Å². The Morgan fingerprint density at radius 1 is 1.07 bits per heavy atom. The van der Waals surface area contributed by atoms with E-state index in [4.69, 9.17) is 4.74 Å². The van der Waals surface area contributed by atoms with Crippen molar-refractivity contribution in [2.24, 2.45) is 0 Å². The van der Waals surface area contributed by atoms with Crippen LogP contribution in [0.1, 0.15) is 22.3 Å². The van der Waals surface area contributed by atoms with E-state index >= 15 is 0 Å². The number of nitriles is 1. The predicted molar refractivity (Wildman–Crippen MR) is 122 cm³/mol. The molecule has 0 saturated heterocycles. The Labute approximate surface area is 181 Å². The van der Waals surface area contributed by atoms with Gasteiger partial charge in [0, 0.05) is 13.6 Å². The van der Waals surface area contributed by atoms with E-state index in [2.05, 4.69) is 68.9 Å². The van der Waals surface area contributed by atoms with Gasteiger partial charge in [-0.05, 0) is 77.0 Å². The van der Waals surface area contributed by atoms with Gasteiger partial charge in [0.15, 0.2) is 0 Å². The molecule has 0 N–H and O–H groups in total. The fourth-order valence-electron chi connectivity index (χ4n) is 2.57. The minimum Gasteiger partial charge on any atom is -0.488 e. The monoisotopic (exact) mass is 529 g/mol. The Bertz CT molecular complexity index is 1000. The van der Waals surface area contributed by atoms with Crippen LogP contribution in [0.15, 0.2) is 71.2 Å². The smallest absolute Gasteiger partial charge is 0.127 e. The van der Waals surface area contributed by atoms with Gasteiger partial charge >= 0.3 is 0 Å². The molecule has 0 aromatic heterocycles. The number of rotatable bonds is 5. The molecule has 0 saturated carbocycles.